The summed E-state index contributed by atoms with van der Waals surface area (Å²) < 4.78 is 76.5. The van der Waals surface area contributed by atoms with Gasteiger partial charge in [0, 0.05) is 6.20 Å². The van der Waals surface area contributed by atoms with Crippen molar-refractivity contribution < 1.29 is 41.0 Å². The Hall–Kier alpha value is -2.07. The van der Waals surface area contributed by atoms with Crippen LogP contribution in [0.25, 0.3) is 0 Å². The third kappa shape index (κ3) is 3.96. The number of aromatic carboxylic acids is 1. The number of carboxylic acids is 1. The SMILES string of the molecule is O=C(O)c1ccnc(OC(C(F)(F)F)C(F)(F)F)n1. The molecule has 0 atom stereocenters. The van der Waals surface area contributed by atoms with Gasteiger partial charge in [0.1, 0.15) is 0 Å². The van der Waals surface area contributed by atoms with Gasteiger partial charge in [-0.25, -0.2) is 9.78 Å². The Bertz CT molecular complexity index is 458. The van der Waals surface area contributed by atoms with Gasteiger partial charge in [-0.15, -0.1) is 0 Å². The zero-order valence-corrected chi connectivity index (χ0v) is 8.66. The van der Waals surface area contributed by atoms with Crippen LogP contribution in [-0.4, -0.2) is 39.5 Å². The van der Waals surface area contributed by atoms with E-state index in [1.54, 1.807) is 0 Å². The summed E-state index contributed by atoms with van der Waals surface area (Å²) in [6, 6.07) is -0.551. The lowest BCUT2D eigenvalue weighted by Crippen LogP contribution is -2.46. The van der Waals surface area contributed by atoms with E-state index in [4.69, 9.17) is 5.11 Å². The first-order chi connectivity index (χ1) is 8.51. The van der Waals surface area contributed by atoms with Crippen molar-refractivity contribution in [2.75, 3.05) is 0 Å². The lowest BCUT2D eigenvalue weighted by atomic mass is 10.3. The minimum absolute atomic E-state index is 0.662. The quantitative estimate of drug-likeness (QED) is 0.862. The molecule has 1 aromatic rings. The molecule has 0 radical (unpaired) electrons. The predicted molar refractivity (Wildman–Crippen MR) is 45.5 cm³/mol. The fraction of sp³-hybridized carbons (Fsp3) is 0.375. The Labute approximate surface area is 100 Å². The highest BCUT2D eigenvalue weighted by Gasteiger charge is 2.59. The highest BCUT2D eigenvalue weighted by Crippen LogP contribution is 2.35. The molecule has 0 amide bonds. The number of nitrogens with zero attached hydrogens (tertiary/aromatic N) is 2. The van der Waals surface area contributed by atoms with E-state index in [1.807, 2.05) is 0 Å². The lowest BCUT2D eigenvalue weighted by Gasteiger charge is -2.22. The van der Waals surface area contributed by atoms with Crippen molar-refractivity contribution in [3.8, 4) is 6.01 Å². The summed E-state index contributed by atoms with van der Waals surface area (Å²) in [7, 11) is 0. The minimum Gasteiger partial charge on any atom is -0.477 e. The van der Waals surface area contributed by atoms with Gasteiger partial charge in [0.15, 0.2) is 5.69 Å². The van der Waals surface area contributed by atoms with E-state index in [9.17, 15) is 31.1 Å². The molecular weight excluding hydrogens is 286 g/mol. The number of rotatable bonds is 3. The van der Waals surface area contributed by atoms with E-state index in [0.29, 0.717) is 6.20 Å². The van der Waals surface area contributed by atoms with Crippen LogP contribution >= 0.6 is 0 Å². The van der Waals surface area contributed by atoms with Crippen LogP contribution in [0.15, 0.2) is 12.3 Å². The molecule has 0 bridgehead atoms. The van der Waals surface area contributed by atoms with Gasteiger partial charge in [0.25, 0.3) is 6.10 Å². The molecule has 1 N–H and O–H groups in total. The maximum atomic E-state index is 12.1. The molecule has 106 valence electrons. The molecule has 0 saturated carbocycles. The van der Waals surface area contributed by atoms with Crippen molar-refractivity contribution in [2.24, 2.45) is 0 Å². The second-order valence-electron chi connectivity index (χ2n) is 3.11. The van der Waals surface area contributed by atoms with Gasteiger partial charge >= 0.3 is 24.3 Å². The third-order valence-electron chi connectivity index (χ3n) is 1.67. The molecule has 1 aromatic heterocycles. The predicted octanol–water partition coefficient (Wildman–Crippen LogP) is 2.05. The van der Waals surface area contributed by atoms with Crippen LogP contribution in [0.2, 0.25) is 0 Å². The van der Waals surface area contributed by atoms with Crippen molar-refractivity contribution in [3.63, 3.8) is 0 Å². The first kappa shape index (κ1) is 15.0. The summed E-state index contributed by atoms with van der Waals surface area (Å²) in [4.78, 5) is 16.3. The van der Waals surface area contributed by atoms with Crippen molar-refractivity contribution in [3.05, 3.63) is 18.0 Å². The average Bonchev–Trinajstić information content (AvgIpc) is 2.23. The number of hydrogen-bond donors (Lipinski definition) is 1. The maximum absolute atomic E-state index is 12.1. The number of alkyl halides is 6. The number of halogens is 6. The summed E-state index contributed by atoms with van der Waals surface area (Å²) in [6.07, 6.45) is -14.9. The van der Waals surface area contributed by atoms with Crippen molar-refractivity contribution in [2.45, 2.75) is 18.5 Å². The van der Waals surface area contributed by atoms with Crippen LogP contribution in [0.1, 0.15) is 10.5 Å². The molecule has 1 rings (SSSR count). The smallest absolute Gasteiger partial charge is 0.434 e. The standard InChI is InChI=1S/C8H4F6N2O3/c9-7(10,11)5(8(12,13)14)19-6-15-2-1-3(16-6)4(17)18/h1-2,5H,(H,17,18). The second-order valence-corrected chi connectivity index (χ2v) is 3.11. The van der Waals surface area contributed by atoms with Crippen LogP contribution in [0.3, 0.4) is 0 Å². The van der Waals surface area contributed by atoms with E-state index in [1.165, 1.54) is 0 Å². The number of carbonyl (C=O) groups is 1. The van der Waals surface area contributed by atoms with Crippen molar-refractivity contribution in [1.29, 1.82) is 0 Å². The largest absolute Gasteiger partial charge is 0.477 e. The molecule has 11 heteroatoms. The molecule has 0 fully saturated rings. The third-order valence-corrected chi connectivity index (χ3v) is 1.67. The Kier molecular flexibility index (Phi) is 3.86. The Morgan fingerprint density at radius 1 is 1.21 bits per heavy atom. The van der Waals surface area contributed by atoms with Gasteiger partial charge in [-0.1, -0.05) is 0 Å². The first-order valence-electron chi connectivity index (χ1n) is 4.38. The lowest BCUT2D eigenvalue weighted by molar-refractivity contribution is -0.301. The Balaban J connectivity index is 3.04. The molecule has 0 spiro atoms. The van der Waals surface area contributed by atoms with Gasteiger partial charge in [0.05, 0.1) is 0 Å². The van der Waals surface area contributed by atoms with E-state index in [-0.39, 0.29) is 0 Å². The molecular formula is C8H4F6N2O3. The highest BCUT2D eigenvalue weighted by molar-refractivity contribution is 5.85. The van der Waals surface area contributed by atoms with Crippen LogP contribution in [0.4, 0.5) is 26.3 Å². The monoisotopic (exact) mass is 290 g/mol. The van der Waals surface area contributed by atoms with Crippen molar-refractivity contribution >= 4 is 5.97 Å². The number of carboxylic acid groups (broad SMARTS) is 1. The van der Waals surface area contributed by atoms with Gasteiger partial charge in [-0.05, 0) is 6.07 Å². The van der Waals surface area contributed by atoms with E-state index >= 15 is 0 Å². The average molecular weight is 290 g/mol. The van der Waals surface area contributed by atoms with Crippen LogP contribution in [0, 0.1) is 0 Å². The molecule has 0 aliphatic heterocycles. The topological polar surface area (TPSA) is 72.3 Å². The summed E-state index contributed by atoms with van der Waals surface area (Å²) in [5, 5.41) is 8.47. The van der Waals surface area contributed by atoms with Crippen LogP contribution in [0.5, 0.6) is 6.01 Å². The first-order valence-corrected chi connectivity index (χ1v) is 4.38. The van der Waals surface area contributed by atoms with Gasteiger partial charge in [-0.2, -0.15) is 31.3 Å². The highest BCUT2D eigenvalue weighted by atomic mass is 19.4. The molecule has 0 aliphatic carbocycles. The number of hydrogen-bond acceptors (Lipinski definition) is 4. The number of ether oxygens (including phenoxy) is 1. The second kappa shape index (κ2) is 4.90. The van der Waals surface area contributed by atoms with Gasteiger partial charge in [-0.3, -0.25) is 0 Å². The minimum atomic E-state index is -5.74. The molecule has 1 heterocycles. The Morgan fingerprint density at radius 3 is 2.16 bits per heavy atom. The van der Waals surface area contributed by atoms with Crippen LogP contribution in [-0.2, 0) is 0 Å². The van der Waals surface area contributed by atoms with Gasteiger partial charge in [0.2, 0.25) is 0 Å². The maximum Gasteiger partial charge on any atom is 0.434 e. The summed E-state index contributed by atoms with van der Waals surface area (Å²) >= 11 is 0. The number of aromatic nitrogens is 2. The molecule has 0 aliphatic rings. The molecule has 0 saturated heterocycles. The zero-order valence-electron chi connectivity index (χ0n) is 8.66. The van der Waals surface area contributed by atoms with Gasteiger partial charge < -0.3 is 9.84 Å². The van der Waals surface area contributed by atoms with E-state index < -0.39 is 36.1 Å². The molecule has 0 unspecified atom stereocenters. The fourth-order valence-corrected chi connectivity index (χ4v) is 0.941. The van der Waals surface area contributed by atoms with Crippen LogP contribution < -0.4 is 4.74 Å². The summed E-state index contributed by atoms with van der Waals surface area (Å²) in [5.74, 6) is -1.65. The zero-order chi connectivity index (χ0) is 14.8. The van der Waals surface area contributed by atoms with E-state index in [0.717, 1.165) is 6.07 Å². The summed E-state index contributed by atoms with van der Waals surface area (Å²) in [6.45, 7) is 0. The molecule has 0 aromatic carbocycles. The normalized spacial score (nSPS) is 12.6. The van der Waals surface area contributed by atoms with Crippen molar-refractivity contribution in [1.82, 2.24) is 9.97 Å². The fourth-order valence-electron chi connectivity index (χ4n) is 0.941. The summed E-state index contributed by atoms with van der Waals surface area (Å²) in [5.41, 5.74) is -0.798. The molecule has 5 nitrogen and oxygen atoms in total. The Morgan fingerprint density at radius 2 is 1.74 bits per heavy atom. The molecule has 19 heavy (non-hydrogen) atoms. The van der Waals surface area contributed by atoms with E-state index in [2.05, 4.69) is 14.7 Å².